The van der Waals surface area contributed by atoms with E-state index in [-0.39, 0.29) is 17.4 Å². The van der Waals surface area contributed by atoms with Crippen molar-refractivity contribution < 1.29 is 22.4 Å². The topological polar surface area (TPSA) is 109 Å². The van der Waals surface area contributed by atoms with Crippen molar-refractivity contribution in [2.45, 2.75) is 62.4 Å². The number of alkyl halides is 3. The van der Waals surface area contributed by atoms with E-state index in [1.165, 1.54) is 0 Å². The van der Waals surface area contributed by atoms with Crippen molar-refractivity contribution in [3.8, 4) is 0 Å². The quantitative estimate of drug-likeness (QED) is 0.662. The molecule has 0 spiro atoms. The van der Waals surface area contributed by atoms with Crippen LogP contribution in [0.4, 0.5) is 13.2 Å². The number of nitrogens with one attached hydrogen (secondary N) is 2. The zero-order valence-electron chi connectivity index (χ0n) is 17.3. The lowest BCUT2D eigenvalue weighted by molar-refractivity contribution is -0.161. The predicted molar refractivity (Wildman–Crippen MR) is 107 cm³/mol. The second kappa shape index (κ2) is 7.31. The van der Waals surface area contributed by atoms with E-state index in [4.69, 9.17) is 10.2 Å². The van der Waals surface area contributed by atoms with Crippen molar-refractivity contribution in [2.75, 3.05) is 0 Å². The Labute approximate surface area is 182 Å². The normalized spacial score (nSPS) is 27.6. The first-order chi connectivity index (χ1) is 15.2. The minimum Gasteiger partial charge on any atom is -0.418 e. The van der Waals surface area contributed by atoms with Gasteiger partial charge in [0.05, 0.1) is 11.5 Å². The average molecular weight is 448 g/mol. The third-order valence-electron chi connectivity index (χ3n) is 6.53. The summed E-state index contributed by atoms with van der Waals surface area (Å²) >= 11 is 0. The third-order valence-corrected chi connectivity index (χ3v) is 6.53. The number of hydrazine groups is 1. The van der Waals surface area contributed by atoms with Crippen molar-refractivity contribution >= 4 is 11.5 Å². The predicted octanol–water partition coefficient (Wildman–Crippen LogP) is 2.52. The first kappa shape index (κ1) is 21.0. The third kappa shape index (κ3) is 3.27. The summed E-state index contributed by atoms with van der Waals surface area (Å²) in [5, 5.41) is 12.1. The number of allylic oxidation sites excluding steroid dienone is 1. The number of benzene rings is 1. The largest absolute Gasteiger partial charge is 0.418 e. The average Bonchev–Trinajstić information content (AvgIpc) is 3.47. The molecule has 3 aliphatic rings. The van der Waals surface area contributed by atoms with Crippen LogP contribution in [-0.2, 0) is 10.3 Å². The van der Waals surface area contributed by atoms with Crippen LogP contribution in [0.5, 0.6) is 0 Å². The number of aromatic nitrogens is 2. The molecule has 8 nitrogen and oxygen atoms in total. The number of carbonyl (C=O) groups is 1. The Morgan fingerprint density at radius 2 is 1.88 bits per heavy atom. The molecule has 32 heavy (non-hydrogen) atoms. The summed E-state index contributed by atoms with van der Waals surface area (Å²) in [7, 11) is 0. The summed E-state index contributed by atoms with van der Waals surface area (Å²) in [6.45, 7) is 1.62. The van der Waals surface area contributed by atoms with Crippen LogP contribution in [0.2, 0.25) is 0 Å². The van der Waals surface area contributed by atoms with Gasteiger partial charge in [-0.15, -0.1) is 10.2 Å². The lowest BCUT2D eigenvalue weighted by Gasteiger charge is -2.34. The number of hydrogen-bond donors (Lipinski definition) is 3. The molecule has 2 aliphatic heterocycles. The molecule has 3 heterocycles. The molecule has 3 atom stereocenters. The number of amides is 1. The number of hydrogen-bond acceptors (Lipinski definition) is 7. The van der Waals surface area contributed by atoms with Crippen molar-refractivity contribution in [1.82, 2.24) is 25.9 Å². The molecule has 4 N–H and O–H groups in total. The van der Waals surface area contributed by atoms with Gasteiger partial charge in [-0.05, 0) is 25.3 Å². The van der Waals surface area contributed by atoms with Crippen LogP contribution in [0.15, 0.2) is 40.4 Å². The number of fused-ring (bicyclic) bond motifs is 1. The Morgan fingerprint density at radius 3 is 2.53 bits per heavy atom. The van der Waals surface area contributed by atoms with E-state index in [1.54, 1.807) is 37.3 Å². The van der Waals surface area contributed by atoms with Crippen molar-refractivity contribution in [3.05, 3.63) is 53.4 Å². The molecule has 1 aromatic heterocycles. The first-order valence-corrected chi connectivity index (χ1v) is 10.5. The summed E-state index contributed by atoms with van der Waals surface area (Å²) in [6.07, 6.45) is -2.23. The summed E-state index contributed by atoms with van der Waals surface area (Å²) in [5.41, 5.74) is 8.87. The second-order valence-corrected chi connectivity index (χ2v) is 8.62. The molecule has 3 unspecified atom stereocenters. The fraction of sp³-hybridized carbons (Fsp3) is 0.476. The zero-order chi connectivity index (χ0) is 22.7. The zero-order valence-corrected chi connectivity index (χ0v) is 17.3. The molecular formula is C21H23F3N6O2. The molecular weight excluding hydrogens is 425 g/mol. The van der Waals surface area contributed by atoms with Crippen LogP contribution in [0.3, 0.4) is 0 Å². The molecule has 2 fully saturated rings. The highest BCUT2D eigenvalue weighted by atomic mass is 19.4. The van der Waals surface area contributed by atoms with Gasteiger partial charge in [0.2, 0.25) is 5.89 Å². The molecule has 1 saturated carbocycles. The summed E-state index contributed by atoms with van der Waals surface area (Å²) in [4.78, 5) is 13.3. The van der Waals surface area contributed by atoms with Gasteiger partial charge in [0.1, 0.15) is 17.8 Å². The van der Waals surface area contributed by atoms with Gasteiger partial charge < -0.3 is 15.5 Å². The fourth-order valence-electron chi connectivity index (χ4n) is 4.89. The fourth-order valence-corrected chi connectivity index (χ4v) is 4.89. The van der Waals surface area contributed by atoms with E-state index in [1.807, 2.05) is 0 Å². The Bertz CT molecular complexity index is 1060. The van der Waals surface area contributed by atoms with Crippen LogP contribution < -0.4 is 16.5 Å². The van der Waals surface area contributed by atoms with Crippen LogP contribution in [-0.4, -0.2) is 39.5 Å². The summed E-state index contributed by atoms with van der Waals surface area (Å²) < 4.78 is 47.5. The van der Waals surface area contributed by atoms with E-state index < -0.39 is 35.7 Å². The molecule has 1 saturated heterocycles. The Hall–Kier alpha value is -2.92. The van der Waals surface area contributed by atoms with E-state index in [2.05, 4.69) is 20.9 Å². The monoisotopic (exact) mass is 448 g/mol. The highest BCUT2D eigenvalue weighted by Gasteiger charge is 2.58. The highest BCUT2D eigenvalue weighted by molar-refractivity contribution is 6.19. The Morgan fingerprint density at radius 1 is 1.19 bits per heavy atom. The van der Waals surface area contributed by atoms with Gasteiger partial charge in [0, 0.05) is 5.70 Å². The molecule has 11 heteroatoms. The summed E-state index contributed by atoms with van der Waals surface area (Å²) in [6, 6.07) is 6.40. The molecule has 1 aliphatic carbocycles. The molecule has 0 bridgehead atoms. The van der Waals surface area contributed by atoms with Gasteiger partial charge >= 0.3 is 6.18 Å². The van der Waals surface area contributed by atoms with Crippen LogP contribution in [0.1, 0.15) is 55.9 Å². The SMILES string of the molecule is CC1=C(c2nnc(C3(N)CCCC3)o2)C(=O)N2NC(C(F)(F)F)C(c3ccccc3)C2N1. The van der Waals surface area contributed by atoms with E-state index >= 15 is 0 Å². The minimum absolute atomic E-state index is 0.0312. The molecule has 0 radical (unpaired) electrons. The minimum atomic E-state index is -4.57. The first-order valence-electron chi connectivity index (χ1n) is 10.5. The number of nitrogens with two attached hydrogens (primary N) is 1. The number of carbonyl (C=O) groups excluding carboxylic acids is 1. The van der Waals surface area contributed by atoms with Gasteiger partial charge in [0.25, 0.3) is 11.8 Å². The number of rotatable bonds is 3. The lowest BCUT2D eigenvalue weighted by atomic mass is 9.89. The van der Waals surface area contributed by atoms with Crippen molar-refractivity contribution in [3.63, 3.8) is 0 Å². The van der Waals surface area contributed by atoms with Gasteiger partial charge in [-0.3, -0.25) is 4.79 Å². The Balaban J connectivity index is 1.51. The summed E-state index contributed by atoms with van der Waals surface area (Å²) in [5.74, 6) is -1.52. The Kier molecular flexibility index (Phi) is 4.79. The van der Waals surface area contributed by atoms with Gasteiger partial charge in [-0.1, -0.05) is 43.2 Å². The second-order valence-electron chi connectivity index (χ2n) is 8.62. The van der Waals surface area contributed by atoms with Crippen LogP contribution >= 0.6 is 0 Å². The maximum atomic E-state index is 13.9. The number of halogens is 3. The molecule has 5 rings (SSSR count). The lowest BCUT2D eigenvalue weighted by Crippen LogP contribution is -2.54. The number of nitrogens with zero attached hydrogens (tertiary/aromatic N) is 3. The molecule has 170 valence electrons. The van der Waals surface area contributed by atoms with Crippen molar-refractivity contribution in [2.24, 2.45) is 5.73 Å². The molecule has 2 aromatic rings. The van der Waals surface area contributed by atoms with Gasteiger partial charge in [-0.25, -0.2) is 10.4 Å². The maximum Gasteiger partial charge on any atom is 0.406 e. The van der Waals surface area contributed by atoms with Gasteiger partial charge in [0.15, 0.2) is 0 Å². The smallest absolute Gasteiger partial charge is 0.406 e. The van der Waals surface area contributed by atoms with E-state index in [9.17, 15) is 18.0 Å². The maximum absolute atomic E-state index is 13.9. The van der Waals surface area contributed by atoms with Crippen molar-refractivity contribution in [1.29, 1.82) is 0 Å². The molecule has 1 amide bonds. The van der Waals surface area contributed by atoms with Gasteiger partial charge in [-0.2, -0.15) is 13.2 Å². The van der Waals surface area contributed by atoms with Crippen LogP contribution in [0.25, 0.3) is 5.57 Å². The molecule has 1 aromatic carbocycles. The highest BCUT2D eigenvalue weighted by Crippen LogP contribution is 2.43. The van der Waals surface area contributed by atoms with E-state index in [0.29, 0.717) is 24.1 Å². The van der Waals surface area contributed by atoms with Crippen LogP contribution in [0, 0.1) is 0 Å². The standard InChI is InChI=1S/C21H23F3N6O2/c1-11-13(17-27-28-19(32-17)20(25)9-5-6-10-20)18(31)30-16(26-11)14(12-7-3-2-4-8-12)15(29-30)21(22,23)24/h2-4,7-8,14-16,26,29H,5-6,9-10,25H2,1H3. The van der Waals surface area contributed by atoms with E-state index in [0.717, 1.165) is 17.9 Å².